The quantitative estimate of drug-likeness (QED) is 0.746. The van der Waals surface area contributed by atoms with Crippen LogP contribution < -0.4 is 4.74 Å². The van der Waals surface area contributed by atoms with E-state index in [1.807, 2.05) is 54.7 Å². The van der Waals surface area contributed by atoms with Crippen LogP contribution in [0.5, 0.6) is 5.75 Å². The Morgan fingerprint density at radius 2 is 2.04 bits per heavy atom. The standard InChI is InChI=1S/C22H22N2O3/c1-27-18-8-4-7-16(13-18)21(24-11-5-10-20(24)22(25)26)17-12-15-6-2-3-9-19(15)23-14-17/h2-4,6-9,12-14,20-21H,5,10-11H2,1H3,(H,25,26). The van der Waals surface area contributed by atoms with Crippen molar-refractivity contribution in [1.82, 2.24) is 9.88 Å². The Labute approximate surface area is 158 Å². The third kappa shape index (κ3) is 3.38. The average Bonchev–Trinajstić information content (AvgIpc) is 3.18. The van der Waals surface area contributed by atoms with E-state index in [1.165, 1.54) is 0 Å². The second-order valence-electron chi connectivity index (χ2n) is 6.87. The fourth-order valence-electron chi connectivity index (χ4n) is 3.99. The molecule has 1 aliphatic heterocycles. The Kier molecular flexibility index (Phi) is 4.77. The predicted molar refractivity (Wildman–Crippen MR) is 104 cm³/mol. The van der Waals surface area contributed by atoms with E-state index >= 15 is 0 Å². The van der Waals surface area contributed by atoms with Crippen molar-refractivity contribution >= 4 is 16.9 Å². The van der Waals surface area contributed by atoms with Crippen LogP contribution in [0, 0.1) is 0 Å². The Morgan fingerprint density at radius 3 is 2.85 bits per heavy atom. The van der Waals surface area contributed by atoms with Gasteiger partial charge in [0.05, 0.1) is 18.7 Å². The van der Waals surface area contributed by atoms with Gasteiger partial charge in [0.15, 0.2) is 0 Å². The summed E-state index contributed by atoms with van der Waals surface area (Å²) < 4.78 is 5.40. The zero-order chi connectivity index (χ0) is 18.8. The van der Waals surface area contributed by atoms with Crippen LogP contribution >= 0.6 is 0 Å². The maximum Gasteiger partial charge on any atom is 0.320 e. The van der Waals surface area contributed by atoms with Crippen LogP contribution in [-0.4, -0.2) is 40.7 Å². The van der Waals surface area contributed by atoms with Gasteiger partial charge in [0.1, 0.15) is 11.8 Å². The molecule has 0 spiro atoms. The van der Waals surface area contributed by atoms with Crippen molar-refractivity contribution in [2.75, 3.05) is 13.7 Å². The second kappa shape index (κ2) is 7.37. The number of para-hydroxylation sites is 1. The van der Waals surface area contributed by atoms with Crippen LogP contribution in [0.25, 0.3) is 10.9 Å². The lowest BCUT2D eigenvalue weighted by molar-refractivity contribution is -0.142. The topological polar surface area (TPSA) is 62.7 Å². The number of aliphatic carboxylic acids is 1. The summed E-state index contributed by atoms with van der Waals surface area (Å²) in [7, 11) is 1.64. The van der Waals surface area contributed by atoms with Gasteiger partial charge in [0.25, 0.3) is 0 Å². The Bertz CT molecular complexity index is 972. The van der Waals surface area contributed by atoms with Gasteiger partial charge in [0, 0.05) is 18.1 Å². The lowest BCUT2D eigenvalue weighted by Crippen LogP contribution is -2.39. The van der Waals surface area contributed by atoms with Crippen LogP contribution in [0.4, 0.5) is 0 Å². The number of hydrogen-bond acceptors (Lipinski definition) is 4. The molecule has 1 saturated heterocycles. The number of nitrogens with zero attached hydrogens (tertiary/aromatic N) is 2. The predicted octanol–water partition coefficient (Wildman–Crippen LogP) is 3.88. The number of rotatable bonds is 5. The number of methoxy groups -OCH3 is 1. The molecule has 5 heteroatoms. The molecule has 2 heterocycles. The van der Waals surface area contributed by atoms with Crippen molar-refractivity contribution in [1.29, 1.82) is 0 Å². The number of benzene rings is 2. The number of aromatic nitrogens is 1. The van der Waals surface area contributed by atoms with Gasteiger partial charge in [-0.1, -0.05) is 30.3 Å². The number of carboxylic acids is 1. The highest BCUT2D eigenvalue weighted by atomic mass is 16.5. The number of hydrogen-bond donors (Lipinski definition) is 1. The summed E-state index contributed by atoms with van der Waals surface area (Å²) >= 11 is 0. The number of carboxylic acid groups (broad SMARTS) is 1. The molecule has 1 fully saturated rings. The SMILES string of the molecule is COc1cccc(C(c2cnc3ccccc3c2)N2CCCC2C(=O)O)c1. The van der Waals surface area contributed by atoms with Gasteiger partial charge in [-0.15, -0.1) is 0 Å². The highest BCUT2D eigenvalue weighted by Crippen LogP contribution is 2.36. The highest BCUT2D eigenvalue weighted by molar-refractivity contribution is 5.79. The van der Waals surface area contributed by atoms with Crippen molar-refractivity contribution in [2.24, 2.45) is 0 Å². The molecule has 5 nitrogen and oxygen atoms in total. The first-order valence-corrected chi connectivity index (χ1v) is 9.14. The van der Waals surface area contributed by atoms with E-state index in [2.05, 4.69) is 16.0 Å². The van der Waals surface area contributed by atoms with E-state index in [9.17, 15) is 9.90 Å². The molecule has 0 amide bonds. The molecule has 1 aromatic heterocycles. The number of ether oxygens (including phenoxy) is 1. The van der Waals surface area contributed by atoms with Gasteiger partial charge < -0.3 is 9.84 Å². The lowest BCUT2D eigenvalue weighted by atomic mass is 9.96. The molecule has 138 valence electrons. The molecule has 4 rings (SSSR count). The van der Waals surface area contributed by atoms with Crippen molar-refractivity contribution < 1.29 is 14.6 Å². The zero-order valence-electron chi connectivity index (χ0n) is 15.2. The molecule has 2 unspecified atom stereocenters. The third-order valence-corrected chi connectivity index (χ3v) is 5.25. The number of likely N-dealkylation sites (tertiary alicyclic amines) is 1. The fourth-order valence-corrected chi connectivity index (χ4v) is 3.99. The van der Waals surface area contributed by atoms with Gasteiger partial charge in [-0.3, -0.25) is 14.7 Å². The average molecular weight is 362 g/mol. The summed E-state index contributed by atoms with van der Waals surface area (Å²) in [6.45, 7) is 0.742. The van der Waals surface area contributed by atoms with E-state index in [0.29, 0.717) is 6.42 Å². The Hall–Kier alpha value is -2.92. The van der Waals surface area contributed by atoms with Gasteiger partial charge in [-0.2, -0.15) is 0 Å². The largest absolute Gasteiger partial charge is 0.497 e. The summed E-state index contributed by atoms with van der Waals surface area (Å²) in [5.74, 6) is -0.00790. The smallest absolute Gasteiger partial charge is 0.320 e. The van der Waals surface area contributed by atoms with Crippen molar-refractivity contribution in [3.8, 4) is 5.75 Å². The second-order valence-corrected chi connectivity index (χ2v) is 6.87. The van der Waals surface area contributed by atoms with E-state index in [0.717, 1.165) is 40.7 Å². The minimum absolute atomic E-state index is 0.180. The van der Waals surface area contributed by atoms with E-state index in [4.69, 9.17) is 4.74 Å². The molecule has 1 aliphatic rings. The van der Waals surface area contributed by atoms with E-state index < -0.39 is 12.0 Å². The molecule has 27 heavy (non-hydrogen) atoms. The third-order valence-electron chi connectivity index (χ3n) is 5.25. The minimum Gasteiger partial charge on any atom is -0.497 e. The summed E-state index contributed by atoms with van der Waals surface area (Å²) in [5, 5.41) is 10.8. The van der Waals surface area contributed by atoms with Crippen molar-refractivity contribution in [2.45, 2.75) is 24.9 Å². The minimum atomic E-state index is -0.769. The molecule has 0 aliphatic carbocycles. The molecule has 2 aromatic carbocycles. The summed E-state index contributed by atoms with van der Waals surface area (Å²) in [6.07, 6.45) is 3.40. The van der Waals surface area contributed by atoms with Crippen LogP contribution in [0.15, 0.2) is 60.8 Å². The number of carbonyl (C=O) groups is 1. The molecule has 0 radical (unpaired) electrons. The highest BCUT2D eigenvalue weighted by Gasteiger charge is 2.37. The summed E-state index contributed by atoms with van der Waals surface area (Å²) in [5.41, 5.74) is 2.94. The Balaban J connectivity index is 1.84. The monoisotopic (exact) mass is 362 g/mol. The normalized spacial score (nSPS) is 18.5. The van der Waals surface area contributed by atoms with Crippen LogP contribution in [0.1, 0.15) is 30.0 Å². The molecular formula is C22H22N2O3. The van der Waals surface area contributed by atoms with Crippen molar-refractivity contribution in [3.63, 3.8) is 0 Å². The first-order valence-electron chi connectivity index (χ1n) is 9.14. The van der Waals surface area contributed by atoms with Crippen molar-refractivity contribution in [3.05, 3.63) is 71.9 Å². The molecule has 0 saturated carbocycles. The summed E-state index contributed by atoms with van der Waals surface area (Å²) in [6, 6.07) is 17.3. The first kappa shape index (κ1) is 17.5. The van der Waals surface area contributed by atoms with Crippen LogP contribution in [0.3, 0.4) is 0 Å². The summed E-state index contributed by atoms with van der Waals surface area (Å²) in [4.78, 5) is 18.5. The van der Waals surface area contributed by atoms with E-state index in [1.54, 1.807) is 7.11 Å². The number of pyridine rings is 1. The molecular weight excluding hydrogens is 340 g/mol. The van der Waals surface area contributed by atoms with Crippen LogP contribution in [0.2, 0.25) is 0 Å². The van der Waals surface area contributed by atoms with Gasteiger partial charge in [-0.05, 0) is 48.2 Å². The first-order chi connectivity index (χ1) is 13.2. The van der Waals surface area contributed by atoms with Gasteiger partial charge >= 0.3 is 5.97 Å². The Morgan fingerprint density at radius 1 is 1.19 bits per heavy atom. The number of fused-ring (bicyclic) bond motifs is 1. The zero-order valence-corrected chi connectivity index (χ0v) is 15.2. The maximum absolute atomic E-state index is 11.8. The van der Waals surface area contributed by atoms with Gasteiger partial charge in [-0.25, -0.2) is 0 Å². The maximum atomic E-state index is 11.8. The van der Waals surface area contributed by atoms with Crippen LogP contribution in [-0.2, 0) is 4.79 Å². The lowest BCUT2D eigenvalue weighted by Gasteiger charge is -2.32. The van der Waals surface area contributed by atoms with E-state index in [-0.39, 0.29) is 6.04 Å². The molecule has 0 bridgehead atoms. The van der Waals surface area contributed by atoms with Gasteiger partial charge in [0.2, 0.25) is 0 Å². The molecule has 2 atom stereocenters. The molecule has 1 N–H and O–H groups in total. The molecule has 3 aromatic rings. The fraction of sp³-hybridized carbons (Fsp3) is 0.273.